The van der Waals surface area contributed by atoms with Gasteiger partial charge in [0.15, 0.2) is 0 Å². The van der Waals surface area contributed by atoms with Crippen LogP contribution in [-0.2, 0) is 0 Å². The number of imidazole rings is 1. The molecule has 0 aliphatic rings. The summed E-state index contributed by atoms with van der Waals surface area (Å²) in [7, 11) is 0. The third-order valence-electron chi connectivity index (χ3n) is 2.45. The quantitative estimate of drug-likeness (QED) is 0.685. The molecule has 2 aromatic carbocycles. The number of rotatable bonds is 2. The molecule has 0 amide bonds. The molecule has 0 N–H and O–H groups in total. The summed E-state index contributed by atoms with van der Waals surface area (Å²) in [5.41, 5.74) is 1.68. The van der Waals surface area contributed by atoms with E-state index in [1.165, 1.54) is 4.09 Å². The van der Waals surface area contributed by atoms with Crippen LogP contribution in [0, 0.1) is 0 Å². The van der Waals surface area contributed by atoms with Gasteiger partial charge in [0.05, 0.1) is 11.0 Å². The van der Waals surface area contributed by atoms with Gasteiger partial charge in [0.1, 0.15) is 17.8 Å². The SMILES string of the molecule is Cln1cnc2cc(Oc3ccccc3)ccc21. The van der Waals surface area contributed by atoms with Crippen molar-refractivity contribution in [3.8, 4) is 11.5 Å². The van der Waals surface area contributed by atoms with E-state index in [2.05, 4.69) is 4.98 Å². The first-order chi connectivity index (χ1) is 8.33. The van der Waals surface area contributed by atoms with E-state index < -0.39 is 0 Å². The topological polar surface area (TPSA) is 27.1 Å². The second-order valence-electron chi connectivity index (χ2n) is 3.62. The summed E-state index contributed by atoms with van der Waals surface area (Å²) in [6, 6.07) is 15.2. The Labute approximate surface area is 103 Å². The van der Waals surface area contributed by atoms with E-state index in [0.717, 1.165) is 22.5 Å². The highest BCUT2D eigenvalue weighted by atomic mass is 35.5. The van der Waals surface area contributed by atoms with Crippen molar-refractivity contribution in [2.24, 2.45) is 0 Å². The van der Waals surface area contributed by atoms with Gasteiger partial charge in [-0.1, -0.05) is 18.2 Å². The van der Waals surface area contributed by atoms with Gasteiger partial charge < -0.3 is 4.74 Å². The van der Waals surface area contributed by atoms with Gasteiger partial charge in [-0.25, -0.2) is 9.07 Å². The molecule has 0 fully saturated rings. The van der Waals surface area contributed by atoms with Crippen LogP contribution in [0.25, 0.3) is 11.0 Å². The van der Waals surface area contributed by atoms with Crippen LogP contribution >= 0.6 is 11.8 Å². The van der Waals surface area contributed by atoms with Crippen molar-refractivity contribution < 1.29 is 4.74 Å². The maximum atomic E-state index is 5.90. The van der Waals surface area contributed by atoms with Crippen LogP contribution in [0.15, 0.2) is 54.9 Å². The Morgan fingerprint density at radius 3 is 2.65 bits per heavy atom. The molecule has 0 aliphatic heterocycles. The average Bonchev–Trinajstić information content (AvgIpc) is 2.72. The fourth-order valence-corrected chi connectivity index (χ4v) is 1.84. The molecule has 0 saturated carbocycles. The van der Waals surface area contributed by atoms with Crippen molar-refractivity contribution in [1.29, 1.82) is 0 Å². The first-order valence-corrected chi connectivity index (χ1v) is 5.53. The Morgan fingerprint density at radius 1 is 1.00 bits per heavy atom. The van der Waals surface area contributed by atoms with Crippen LogP contribution in [0.1, 0.15) is 0 Å². The third-order valence-corrected chi connectivity index (χ3v) is 2.72. The largest absolute Gasteiger partial charge is 0.457 e. The van der Waals surface area contributed by atoms with E-state index in [9.17, 15) is 0 Å². The molecule has 0 radical (unpaired) electrons. The number of halogens is 1. The number of ether oxygens (including phenoxy) is 1. The van der Waals surface area contributed by atoms with Gasteiger partial charge in [-0.2, -0.15) is 0 Å². The lowest BCUT2D eigenvalue weighted by molar-refractivity contribution is 0.483. The number of aromatic nitrogens is 2. The van der Waals surface area contributed by atoms with E-state index in [1.807, 2.05) is 48.5 Å². The second kappa shape index (κ2) is 4.11. The van der Waals surface area contributed by atoms with Crippen LogP contribution in [0.5, 0.6) is 11.5 Å². The molecule has 0 unspecified atom stereocenters. The molecule has 17 heavy (non-hydrogen) atoms. The summed E-state index contributed by atoms with van der Waals surface area (Å²) < 4.78 is 7.16. The van der Waals surface area contributed by atoms with Gasteiger partial charge in [0.2, 0.25) is 0 Å². The van der Waals surface area contributed by atoms with Crippen molar-refractivity contribution >= 4 is 22.8 Å². The Bertz CT molecular complexity index is 649. The monoisotopic (exact) mass is 244 g/mol. The Kier molecular flexibility index (Phi) is 2.46. The van der Waals surface area contributed by atoms with Crippen LogP contribution in [0.4, 0.5) is 0 Å². The van der Waals surface area contributed by atoms with E-state index in [4.69, 9.17) is 16.5 Å². The van der Waals surface area contributed by atoms with E-state index in [0.29, 0.717) is 0 Å². The fourth-order valence-electron chi connectivity index (χ4n) is 1.65. The zero-order chi connectivity index (χ0) is 11.7. The summed E-state index contributed by atoms with van der Waals surface area (Å²) in [5.74, 6) is 1.55. The Balaban J connectivity index is 1.96. The van der Waals surface area contributed by atoms with Crippen molar-refractivity contribution in [2.45, 2.75) is 0 Å². The number of para-hydroxylation sites is 1. The van der Waals surface area contributed by atoms with Crippen LogP contribution in [0.2, 0.25) is 0 Å². The van der Waals surface area contributed by atoms with Crippen molar-refractivity contribution in [1.82, 2.24) is 9.07 Å². The van der Waals surface area contributed by atoms with Crippen molar-refractivity contribution in [3.05, 3.63) is 54.9 Å². The lowest BCUT2D eigenvalue weighted by Gasteiger charge is -2.04. The molecule has 3 rings (SSSR count). The highest BCUT2D eigenvalue weighted by molar-refractivity contribution is 6.18. The summed E-state index contributed by atoms with van der Waals surface area (Å²) >= 11 is 5.90. The molecule has 3 nitrogen and oxygen atoms in total. The minimum absolute atomic E-state index is 0.749. The van der Waals surface area contributed by atoms with Crippen LogP contribution in [0.3, 0.4) is 0 Å². The smallest absolute Gasteiger partial charge is 0.129 e. The molecule has 0 bridgehead atoms. The molecule has 3 aromatic rings. The van der Waals surface area contributed by atoms with Gasteiger partial charge in [0.25, 0.3) is 0 Å². The summed E-state index contributed by atoms with van der Waals surface area (Å²) in [6.45, 7) is 0. The van der Waals surface area contributed by atoms with Crippen molar-refractivity contribution in [3.63, 3.8) is 0 Å². The number of nitrogens with zero attached hydrogens (tertiary/aromatic N) is 2. The molecule has 0 aliphatic carbocycles. The van der Waals surface area contributed by atoms with Gasteiger partial charge in [-0.05, 0) is 24.3 Å². The number of hydrogen-bond donors (Lipinski definition) is 0. The lowest BCUT2D eigenvalue weighted by atomic mass is 10.3. The predicted molar refractivity (Wildman–Crippen MR) is 67.5 cm³/mol. The number of benzene rings is 2. The molecule has 0 atom stereocenters. The zero-order valence-electron chi connectivity index (χ0n) is 8.88. The fraction of sp³-hybridized carbons (Fsp3) is 0. The summed E-state index contributed by atoms with van der Waals surface area (Å²) in [5, 5.41) is 0. The Hall–Kier alpha value is -2.00. The molecule has 4 heteroatoms. The molecule has 0 saturated heterocycles. The maximum absolute atomic E-state index is 5.90. The van der Waals surface area contributed by atoms with Gasteiger partial charge in [0, 0.05) is 17.8 Å². The normalized spacial score (nSPS) is 10.6. The lowest BCUT2D eigenvalue weighted by Crippen LogP contribution is -1.84. The second-order valence-corrected chi connectivity index (χ2v) is 3.99. The highest BCUT2D eigenvalue weighted by Gasteiger charge is 2.03. The molecule has 84 valence electrons. The average molecular weight is 245 g/mol. The minimum atomic E-state index is 0.749. The standard InChI is InChI=1S/C13H9ClN2O/c14-16-9-15-12-8-11(6-7-13(12)16)17-10-4-2-1-3-5-10/h1-9H. The number of hydrogen-bond acceptors (Lipinski definition) is 2. The Morgan fingerprint density at radius 2 is 1.82 bits per heavy atom. The van der Waals surface area contributed by atoms with Crippen LogP contribution in [-0.4, -0.2) is 9.07 Å². The molecule has 0 spiro atoms. The van der Waals surface area contributed by atoms with Gasteiger partial charge >= 0.3 is 0 Å². The van der Waals surface area contributed by atoms with E-state index in [-0.39, 0.29) is 0 Å². The third kappa shape index (κ3) is 1.97. The summed E-state index contributed by atoms with van der Waals surface area (Å²) in [6.07, 6.45) is 1.57. The summed E-state index contributed by atoms with van der Waals surface area (Å²) in [4.78, 5) is 4.17. The first kappa shape index (κ1) is 10.2. The minimum Gasteiger partial charge on any atom is -0.457 e. The van der Waals surface area contributed by atoms with Crippen LogP contribution < -0.4 is 4.74 Å². The molecular weight excluding hydrogens is 236 g/mol. The molecule has 1 heterocycles. The maximum Gasteiger partial charge on any atom is 0.129 e. The van der Waals surface area contributed by atoms with Gasteiger partial charge in [-0.15, -0.1) is 0 Å². The number of fused-ring (bicyclic) bond motifs is 1. The predicted octanol–water partition coefficient (Wildman–Crippen LogP) is 3.83. The van der Waals surface area contributed by atoms with E-state index >= 15 is 0 Å². The first-order valence-electron chi connectivity index (χ1n) is 5.19. The van der Waals surface area contributed by atoms with E-state index in [1.54, 1.807) is 6.33 Å². The highest BCUT2D eigenvalue weighted by Crippen LogP contribution is 2.25. The van der Waals surface area contributed by atoms with Gasteiger partial charge in [-0.3, -0.25) is 0 Å². The molecular formula is C13H9ClN2O. The van der Waals surface area contributed by atoms with Crippen molar-refractivity contribution in [2.75, 3.05) is 0 Å². The zero-order valence-corrected chi connectivity index (χ0v) is 9.63. The molecule has 1 aromatic heterocycles.